The Morgan fingerprint density at radius 2 is 2.04 bits per heavy atom. The number of hydrogen-bond donors (Lipinski definition) is 2. The number of nitrogens with one attached hydrogen (secondary N) is 1. The molecule has 2 aliphatic rings. The molecule has 3 N–H and O–H groups in total. The number of ether oxygens (including phenoxy) is 2. The quantitative estimate of drug-likeness (QED) is 0.757. The fourth-order valence-corrected chi connectivity index (χ4v) is 4.17. The summed E-state index contributed by atoms with van der Waals surface area (Å²) >= 11 is 0. The first-order chi connectivity index (χ1) is 11.9. The Morgan fingerprint density at radius 3 is 2.64 bits per heavy atom. The van der Waals surface area contributed by atoms with Crippen LogP contribution in [-0.4, -0.2) is 57.1 Å². The van der Waals surface area contributed by atoms with Crippen molar-refractivity contribution in [3.05, 3.63) is 18.2 Å². The summed E-state index contributed by atoms with van der Waals surface area (Å²) in [6.45, 7) is 3.41. The summed E-state index contributed by atoms with van der Waals surface area (Å²) in [5.74, 6) is -0.0349. The van der Waals surface area contributed by atoms with Gasteiger partial charge in [0, 0.05) is 18.8 Å². The van der Waals surface area contributed by atoms with Gasteiger partial charge < -0.3 is 20.5 Å². The second-order valence-electron chi connectivity index (χ2n) is 6.22. The van der Waals surface area contributed by atoms with E-state index in [0.29, 0.717) is 38.3 Å². The number of amides is 1. The molecule has 2 fully saturated rings. The lowest BCUT2D eigenvalue weighted by Gasteiger charge is -2.27. The largest absolute Gasteiger partial charge is 0.492 e. The smallest absolute Gasteiger partial charge is 0.246 e. The molecule has 1 aromatic rings. The summed E-state index contributed by atoms with van der Waals surface area (Å²) in [6, 6.07) is 4.61. The number of rotatable bonds is 6. The number of carbonyl (C=O) groups is 1. The molecule has 0 aromatic heterocycles. The van der Waals surface area contributed by atoms with Crippen molar-refractivity contribution in [1.82, 2.24) is 4.31 Å². The van der Waals surface area contributed by atoms with Crippen LogP contribution in [0.5, 0.6) is 5.75 Å². The topological polar surface area (TPSA) is 111 Å². The summed E-state index contributed by atoms with van der Waals surface area (Å²) in [4.78, 5) is 12.2. The zero-order valence-corrected chi connectivity index (χ0v) is 15.0. The highest BCUT2D eigenvalue weighted by Crippen LogP contribution is 2.35. The molecular weight excluding hydrogens is 346 g/mol. The third kappa shape index (κ3) is 3.79. The summed E-state index contributed by atoms with van der Waals surface area (Å²) in [5.41, 5.74) is 5.43. The molecule has 1 heterocycles. The molecule has 8 nitrogen and oxygen atoms in total. The molecule has 1 aromatic carbocycles. The summed E-state index contributed by atoms with van der Waals surface area (Å²) < 4.78 is 38.0. The van der Waals surface area contributed by atoms with E-state index in [1.165, 1.54) is 10.4 Å². The molecule has 0 bridgehead atoms. The van der Waals surface area contributed by atoms with Crippen LogP contribution >= 0.6 is 0 Å². The van der Waals surface area contributed by atoms with E-state index in [-0.39, 0.29) is 29.6 Å². The highest BCUT2D eigenvalue weighted by molar-refractivity contribution is 7.89. The Morgan fingerprint density at radius 1 is 1.36 bits per heavy atom. The van der Waals surface area contributed by atoms with Crippen LogP contribution in [-0.2, 0) is 19.6 Å². The van der Waals surface area contributed by atoms with Gasteiger partial charge in [0.1, 0.15) is 10.6 Å². The molecule has 138 valence electrons. The van der Waals surface area contributed by atoms with Crippen molar-refractivity contribution in [2.45, 2.75) is 30.2 Å². The molecule has 1 aliphatic heterocycles. The first-order valence-corrected chi connectivity index (χ1v) is 9.76. The molecule has 25 heavy (non-hydrogen) atoms. The van der Waals surface area contributed by atoms with Crippen molar-refractivity contribution in [2.24, 2.45) is 5.73 Å². The van der Waals surface area contributed by atoms with Gasteiger partial charge in [0.15, 0.2) is 0 Å². The molecule has 0 atom stereocenters. The Balaban J connectivity index is 1.91. The average molecular weight is 369 g/mol. The Kier molecular flexibility index (Phi) is 5.01. The van der Waals surface area contributed by atoms with Gasteiger partial charge in [-0.2, -0.15) is 4.31 Å². The Labute approximate surface area is 147 Å². The van der Waals surface area contributed by atoms with Crippen molar-refractivity contribution in [3.63, 3.8) is 0 Å². The molecule has 1 saturated heterocycles. The fourth-order valence-electron chi connectivity index (χ4n) is 2.61. The third-order valence-corrected chi connectivity index (χ3v) is 6.25. The Bertz CT molecular complexity index is 755. The number of morpholine rings is 1. The zero-order chi connectivity index (χ0) is 18.1. The lowest BCUT2D eigenvalue weighted by Crippen LogP contribution is -2.41. The average Bonchev–Trinajstić information content (AvgIpc) is 3.36. The summed E-state index contributed by atoms with van der Waals surface area (Å²) in [5, 5.41) is 2.70. The molecule has 1 amide bonds. The minimum atomic E-state index is -3.75. The molecule has 0 radical (unpaired) electrons. The number of nitrogens with two attached hydrogens (primary N) is 1. The van der Waals surface area contributed by atoms with Crippen molar-refractivity contribution in [2.75, 3.05) is 38.2 Å². The van der Waals surface area contributed by atoms with Gasteiger partial charge in [-0.1, -0.05) is 0 Å². The number of benzene rings is 1. The van der Waals surface area contributed by atoms with E-state index >= 15 is 0 Å². The van der Waals surface area contributed by atoms with E-state index < -0.39 is 15.6 Å². The van der Waals surface area contributed by atoms with Gasteiger partial charge in [-0.25, -0.2) is 8.42 Å². The molecule has 9 heteroatoms. The van der Waals surface area contributed by atoms with Crippen LogP contribution in [0, 0.1) is 0 Å². The number of sulfonamides is 1. The fraction of sp³-hybridized carbons (Fsp3) is 0.562. The van der Waals surface area contributed by atoms with Gasteiger partial charge in [-0.3, -0.25) is 4.79 Å². The highest BCUT2D eigenvalue weighted by Gasteiger charge is 2.46. The normalized spacial score (nSPS) is 20.1. The first kappa shape index (κ1) is 18.1. The van der Waals surface area contributed by atoms with Crippen LogP contribution in [0.3, 0.4) is 0 Å². The van der Waals surface area contributed by atoms with E-state index in [1.807, 2.05) is 0 Å². The third-order valence-electron chi connectivity index (χ3n) is 4.33. The van der Waals surface area contributed by atoms with E-state index in [4.69, 9.17) is 15.2 Å². The maximum Gasteiger partial charge on any atom is 0.246 e. The number of nitrogens with zero attached hydrogens (tertiary/aromatic N) is 1. The van der Waals surface area contributed by atoms with Gasteiger partial charge in [0.05, 0.1) is 25.4 Å². The molecule has 0 spiro atoms. The second kappa shape index (κ2) is 6.91. The summed E-state index contributed by atoms with van der Waals surface area (Å²) in [7, 11) is -3.75. The highest BCUT2D eigenvalue weighted by atomic mass is 32.2. The first-order valence-electron chi connectivity index (χ1n) is 8.32. The molecular formula is C16H23N3O5S. The Hall–Kier alpha value is -1.68. The van der Waals surface area contributed by atoms with Crippen LogP contribution in [0.25, 0.3) is 0 Å². The van der Waals surface area contributed by atoms with E-state index in [0.717, 1.165) is 0 Å². The number of carbonyl (C=O) groups excluding carboxylic acids is 1. The van der Waals surface area contributed by atoms with E-state index in [2.05, 4.69) is 5.32 Å². The predicted octanol–water partition coefficient (Wildman–Crippen LogP) is 0.536. The van der Waals surface area contributed by atoms with Crippen LogP contribution < -0.4 is 15.8 Å². The second-order valence-corrected chi connectivity index (χ2v) is 8.13. The van der Waals surface area contributed by atoms with E-state index in [9.17, 15) is 13.2 Å². The van der Waals surface area contributed by atoms with Crippen molar-refractivity contribution in [1.29, 1.82) is 0 Å². The van der Waals surface area contributed by atoms with Crippen molar-refractivity contribution < 1.29 is 22.7 Å². The van der Waals surface area contributed by atoms with Gasteiger partial charge >= 0.3 is 0 Å². The van der Waals surface area contributed by atoms with Crippen molar-refractivity contribution in [3.8, 4) is 5.75 Å². The minimum Gasteiger partial charge on any atom is -0.492 e. The van der Waals surface area contributed by atoms with Gasteiger partial charge in [-0.05, 0) is 38.0 Å². The zero-order valence-electron chi connectivity index (χ0n) is 14.2. The molecule has 0 unspecified atom stereocenters. The van der Waals surface area contributed by atoms with Crippen LogP contribution in [0.1, 0.15) is 19.8 Å². The van der Waals surface area contributed by atoms with Crippen molar-refractivity contribution >= 4 is 21.6 Å². The van der Waals surface area contributed by atoms with Gasteiger partial charge in [0.2, 0.25) is 15.9 Å². The van der Waals surface area contributed by atoms with E-state index in [1.54, 1.807) is 19.1 Å². The minimum absolute atomic E-state index is 0.0379. The maximum atomic E-state index is 13.0. The van der Waals surface area contributed by atoms with Gasteiger partial charge in [0.25, 0.3) is 0 Å². The maximum absolute atomic E-state index is 13.0. The molecule has 1 aliphatic carbocycles. The lowest BCUT2D eigenvalue weighted by atomic mass is 10.2. The number of hydrogen-bond acceptors (Lipinski definition) is 6. The predicted molar refractivity (Wildman–Crippen MR) is 92.0 cm³/mol. The standard InChI is InChI=1S/C16H23N3O5S/c1-2-24-13-4-3-12(18-15(20)16(17)5-6-16)11-14(13)25(21,22)19-7-9-23-10-8-19/h3-4,11H,2,5-10,17H2,1H3,(H,18,20). The molecule has 1 saturated carbocycles. The summed E-state index contributed by atoms with van der Waals surface area (Å²) in [6.07, 6.45) is 1.27. The lowest BCUT2D eigenvalue weighted by molar-refractivity contribution is -0.118. The van der Waals surface area contributed by atoms with Crippen LogP contribution in [0.2, 0.25) is 0 Å². The monoisotopic (exact) mass is 369 g/mol. The van der Waals surface area contributed by atoms with Gasteiger partial charge in [-0.15, -0.1) is 0 Å². The van der Waals surface area contributed by atoms with Crippen LogP contribution in [0.4, 0.5) is 5.69 Å². The van der Waals surface area contributed by atoms with Crippen LogP contribution in [0.15, 0.2) is 23.1 Å². The SMILES string of the molecule is CCOc1ccc(NC(=O)C2(N)CC2)cc1S(=O)(=O)N1CCOCC1. The number of anilines is 1. The molecule has 3 rings (SSSR count).